The molecule has 0 spiro atoms. The first-order chi connectivity index (χ1) is 26.9. The number of carbonyl (C=O) groups is 2. The minimum Gasteiger partial charge on any atom is -0.497 e. The van der Waals surface area contributed by atoms with Crippen molar-refractivity contribution in [1.82, 2.24) is 24.0 Å². The fourth-order valence-corrected chi connectivity index (χ4v) is 10.2. The third-order valence-corrected chi connectivity index (χ3v) is 14.1. The molecule has 4 aromatic rings. The van der Waals surface area contributed by atoms with E-state index in [1.54, 1.807) is 27.2 Å². The molecule has 3 fully saturated rings. The molecule has 4 heterocycles. The van der Waals surface area contributed by atoms with Gasteiger partial charge < -0.3 is 18.9 Å². The summed E-state index contributed by atoms with van der Waals surface area (Å²) < 4.78 is 43.8. The fraction of sp³-hybridized carbons (Fsp3) is 0.523. The molecule has 8 rings (SSSR count). The molecule has 2 saturated carbocycles. The van der Waals surface area contributed by atoms with E-state index in [-0.39, 0.29) is 30.6 Å². The van der Waals surface area contributed by atoms with E-state index >= 15 is 0 Å². The number of rotatable bonds is 9. The van der Waals surface area contributed by atoms with Crippen LogP contribution in [0.15, 0.2) is 42.6 Å². The number of carbonyl (C=O) groups excluding carboxylic acids is 2. The highest BCUT2D eigenvalue weighted by Gasteiger charge is 2.35. The molecule has 1 saturated heterocycles. The molecule has 2 atom stereocenters. The van der Waals surface area contributed by atoms with Crippen molar-refractivity contribution in [3.63, 3.8) is 0 Å². The first-order valence-corrected chi connectivity index (χ1v) is 22.1. The van der Waals surface area contributed by atoms with Crippen molar-refractivity contribution in [2.24, 2.45) is 0 Å². The van der Waals surface area contributed by atoms with Gasteiger partial charge in [-0.3, -0.25) is 19.0 Å². The highest BCUT2D eigenvalue weighted by molar-refractivity contribution is 7.90. The first kappa shape index (κ1) is 38.5. The summed E-state index contributed by atoms with van der Waals surface area (Å²) in [7, 11) is -2.08. The molecule has 0 bridgehead atoms. The number of hydrogen-bond donors (Lipinski definition) is 1. The number of benzene rings is 2. The zero-order chi connectivity index (χ0) is 39.3. The lowest BCUT2D eigenvalue weighted by atomic mass is 9.81. The van der Waals surface area contributed by atoms with Crippen LogP contribution in [-0.2, 0) is 32.5 Å². The topological polar surface area (TPSA) is 125 Å². The molecule has 12 heteroatoms. The molecule has 56 heavy (non-hydrogen) atoms. The van der Waals surface area contributed by atoms with Crippen LogP contribution in [-0.4, -0.2) is 77.1 Å². The second-order valence-electron chi connectivity index (χ2n) is 16.7. The van der Waals surface area contributed by atoms with Gasteiger partial charge in [0.1, 0.15) is 5.75 Å². The lowest BCUT2D eigenvalue weighted by molar-refractivity contribution is -0.118. The van der Waals surface area contributed by atoms with Gasteiger partial charge in [-0.15, -0.1) is 0 Å². The summed E-state index contributed by atoms with van der Waals surface area (Å²) in [4.78, 5) is 29.7. The Hall–Kier alpha value is -4.42. The van der Waals surface area contributed by atoms with E-state index < -0.39 is 21.2 Å². The largest absolute Gasteiger partial charge is 0.497 e. The van der Waals surface area contributed by atoms with Gasteiger partial charge in [0.15, 0.2) is 0 Å². The Balaban J connectivity index is 1.32. The Morgan fingerprint density at radius 2 is 1.66 bits per heavy atom. The number of nitrogens with zero attached hydrogens (tertiary/aromatic N) is 4. The molecule has 298 valence electrons. The number of aromatic nitrogens is 3. The van der Waals surface area contributed by atoms with Crippen molar-refractivity contribution in [3.8, 4) is 17.0 Å². The number of morpholine rings is 1. The number of ether oxygens (including phenoxy) is 2. The molecule has 2 aliphatic carbocycles. The summed E-state index contributed by atoms with van der Waals surface area (Å²) in [6, 6.07) is 12.6. The van der Waals surface area contributed by atoms with E-state index in [4.69, 9.17) is 14.6 Å². The summed E-state index contributed by atoms with van der Waals surface area (Å²) in [6.45, 7) is 8.65. The van der Waals surface area contributed by atoms with Gasteiger partial charge >= 0.3 is 0 Å². The minimum atomic E-state index is -3.77. The zero-order valence-electron chi connectivity index (χ0n) is 33.3. The predicted octanol–water partition coefficient (Wildman–Crippen LogP) is 7.88. The van der Waals surface area contributed by atoms with E-state index in [0.717, 1.165) is 88.8 Å². The predicted molar refractivity (Wildman–Crippen MR) is 219 cm³/mol. The molecule has 0 radical (unpaired) electrons. The molecule has 2 aliphatic heterocycles. The zero-order valence-corrected chi connectivity index (χ0v) is 34.2. The Morgan fingerprint density at radius 1 is 0.946 bits per heavy atom. The van der Waals surface area contributed by atoms with Gasteiger partial charge in [0.25, 0.3) is 5.91 Å². The van der Waals surface area contributed by atoms with Crippen LogP contribution < -0.4 is 9.46 Å². The van der Waals surface area contributed by atoms with Crippen LogP contribution in [0.1, 0.15) is 130 Å². The summed E-state index contributed by atoms with van der Waals surface area (Å²) in [5.74, 6) is 0.523. The van der Waals surface area contributed by atoms with Crippen LogP contribution in [0.5, 0.6) is 5.75 Å². The summed E-state index contributed by atoms with van der Waals surface area (Å²) in [6.07, 6.45) is 13.8. The van der Waals surface area contributed by atoms with E-state index in [0.29, 0.717) is 31.1 Å². The number of hydrogen-bond acceptors (Lipinski definition) is 7. The number of methoxy groups -OCH3 is 1. The molecular formula is C44H55N5O6S. The maximum atomic E-state index is 14.7. The van der Waals surface area contributed by atoms with Crippen LogP contribution in [0.4, 0.5) is 0 Å². The number of nitrogens with one attached hydrogen (secondary N) is 1. The highest BCUT2D eigenvalue weighted by Crippen LogP contribution is 2.48. The Kier molecular flexibility index (Phi) is 10.6. The Bertz CT molecular complexity index is 2280. The highest BCUT2D eigenvalue weighted by atomic mass is 32.2. The maximum Gasteiger partial charge on any atom is 0.257 e. The van der Waals surface area contributed by atoms with Gasteiger partial charge in [-0.2, -0.15) is 5.10 Å². The van der Waals surface area contributed by atoms with Gasteiger partial charge in [-0.05, 0) is 112 Å². The van der Waals surface area contributed by atoms with Crippen LogP contribution in [0.3, 0.4) is 0 Å². The Morgan fingerprint density at radius 3 is 2.36 bits per heavy atom. The maximum absolute atomic E-state index is 14.7. The third-order valence-electron chi connectivity index (χ3n) is 12.3. The molecule has 2 amide bonds. The van der Waals surface area contributed by atoms with Gasteiger partial charge in [0, 0.05) is 29.6 Å². The fourth-order valence-electron chi connectivity index (χ4n) is 9.62. The normalized spacial score (nSPS) is 20.8. The van der Waals surface area contributed by atoms with Crippen LogP contribution in [0, 0.1) is 0 Å². The van der Waals surface area contributed by atoms with Crippen LogP contribution in [0.25, 0.3) is 33.8 Å². The molecule has 1 N–H and O–H groups in total. The average molecular weight is 782 g/mol. The molecule has 11 nitrogen and oxygen atoms in total. The van der Waals surface area contributed by atoms with Crippen molar-refractivity contribution in [3.05, 3.63) is 70.5 Å². The smallest absolute Gasteiger partial charge is 0.257 e. The van der Waals surface area contributed by atoms with E-state index in [2.05, 4.69) is 44.3 Å². The lowest BCUT2D eigenvalue weighted by Gasteiger charge is -2.35. The van der Waals surface area contributed by atoms with Crippen molar-refractivity contribution in [2.75, 3.05) is 20.2 Å². The average Bonchev–Trinajstić information content (AvgIpc) is 3.90. The van der Waals surface area contributed by atoms with Gasteiger partial charge in [-0.1, -0.05) is 44.2 Å². The lowest BCUT2D eigenvalue weighted by Crippen LogP contribution is -2.48. The minimum absolute atomic E-state index is 0.0348. The molecule has 2 aromatic carbocycles. The van der Waals surface area contributed by atoms with Crippen molar-refractivity contribution < 1.29 is 27.5 Å². The van der Waals surface area contributed by atoms with Crippen molar-refractivity contribution in [1.29, 1.82) is 0 Å². The molecule has 2 aromatic heterocycles. The van der Waals surface area contributed by atoms with E-state index in [1.807, 2.05) is 30.9 Å². The van der Waals surface area contributed by atoms with Gasteiger partial charge in [-0.25, -0.2) is 8.42 Å². The standard InChI is InChI=1S/C44H55N5O6S/c1-27(2)56(52,53)46-40(50)20-30-15-17-37-39(19-30)48-26-33(21-32-22-35(54-5)16-18-36(32)43(48)41(37)31-11-7-6-8-12-31)42-38(23-45-49(42)34-13-9-10-14-34)44(51)47-24-28(3)55-29(4)25-47/h15-19,21-23,27-29,31,34H,6-14,20,24-26H2,1-5H3,(H,46,50)/t28-,29+. The van der Waals surface area contributed by atoms with Crippen molar-refractivity contribution in [2.45, 2.75) is 128 Å². The SMILES string of the molecule is COc1ccc2c(c1)C=C(c1c(C(=O)N3C[C@@H](C)O[C@@H](C)C3)cnn1C1CCCC1)Cn1c-2c(C2CCCCC2)c2ccc(CC(=O)NS(=O)(=O)C(C)C)cc21. The third kappa shape index (κ3) is 7.30. The van der Waals surface area contributed by atoms with Gasteiger partial charge in [0.05, 0.1) is 66.7 Å². The number of sulfonamides is 1. The van der Waals surface area contributed by atoms with Crippen molar-refractivity contribution >= 4 is 44.4 Å². The summed E-state index contributed by atoms with van der Waals surface area (Å²) >= 11 is 0. The first-order valence-electron chi connectivity index (χ1n) is 20.5. The second-order valence-corrected chi connectivity index (χ2v) is 18.9. The van der Waals surface area contributed by atoms with Gasteiger partial charge in [0.2, 0.25) is 15.9 Å². The molecule has 0 unspecified atom stereocenters. The van der Waals surface area contributed by atoms with E-state index in [1.165, 1.54) is 24.8 Å². The Labute approximate surface area is 330 Å². The summed E-state index contributed by atoms with van der Waals surface area (Å²) in [5.41, 5.74) is 8.73. The monoisotopic (exact) mass is 781 g/mol. The molecule has 4 aliphatic rings. The van der Waals surface area contributed by atoms with Crippen LogP contribution in [0.2, 0.25) is 0 Å². The van der Waals surface area contributed by atoms with Crippen LogP contribution >= 0.6 is 0 Å². The number of amides is 2. The number of allylic oxidation sites excluding steroid dienone is 1. The second kappa shape index (κ2) is 15.5. The quantitative estimate of drug-likeness (QED) is 0.183. The summed E-state index contributed by atoms with van der Waals surface area (Å²) in [5, 5.41) is 5.43. The van der Waals surface area contributed by atoms with E-state index in [9.17, 15) is 18.0 Å². The number of fused-ring (bicyclic) bond motifs is 5. The molecular weight excluding hydrogens is 727 g/mol.